The number of amides is 2. The molecule has 0 spiro atoms. The molecule has 0 radical (unpaired) electrons. The molecule has 134 valence electrons. The van der Waals surface area contributed by atoms with Crippen LogP contribution in [0.4, 0.5) is 10.5 Å². The summed E-state index contributed by atoms with van der Waals surface area (Å²) in [5.41, 5.74) is 3.26. The first-order valence-electron chi connectivity index (χ1n) is 8.58. The van der Waals surface area contributed by atoms with Crippen molar-refractivity contribution in [3.63, 3.8) is 0 Å². The Hall–Kier alpha value is -3.14. The van der Waals surface area contributed by atoms with Gasteiger partial charge in [-0.1, -0.05) is 6.07 Å². The Morgan fingerprint density at radius 1 is 1.31 bits per heavy atom. The summed E-state index contributed by atoms with van der Waals surface area (Å²) in [6.45, 7) is 5.17. The summed E-state index contributed by atoms with van der Waals surface area (Å²) in [5, 5.41) is 12.0. The van der Waals surface area contributed by atoms with E-state index in [1.165, 1.54) is 18.0 Å². The number of carbonyl (C=O) groups is 1. The minimum absolute atomic E-state index is 0.152. The number of nitrogens with one attached hydrogen (secondary N) is 1. The number of piperidine rings is 1. The van der Waals surface area contributed by atoms with E-state index in [1.54, 1.807) is 4.90 Å². The van der Waals surface area contributed by atoms with E-state index in [4.69, 9.17) is 10.00 Å². The van der Waals surface area contributed by atoms with Gasteiger partial charge < -0.3 is 15.0 Å². The topological polar surface area (TPSA) is 91.1 Å². The Kier molecular flexibility index (Phi) is 5.32. The molecule has 2 aromatic rings. The molecule has 7 nitrogen and oxygen atoms in total. The van der Waals surface area contributed by atoms with E-state index >= 15 is 0 Å². The van der Waals surface area contributed by atoms with Crippen molar-refractivity contribution < 1.29 is 9.53 Å². The molecule has 1 N–H and O–H groups in total. The number of nitriles is 1. The number of benzene rings is 1. The molecule has 1 atom stereocenters. The number of nitrogens with zero attached hydrogens (tertiary/aromatic N) is 4. The van der Waals surface area contributed by atoms with E-state index < -0.39 is 0 Å². The fourth-order valence-electron chi connectivity index (χ4n) is 2.89. The highest BCUT2D eigenvalue weighted by molar-refractivity contribution is 5.89. The third-order valence-corrected chi connectivity index (χ3v) is 4.47. The first-order chi connectivity index (χ1) is 12.6. The molecule has 2 amide bonds. The molecule has 1 aromatic heterocycles. The zero-order chi connectivity index (χ0) is 18.5. The summed E-state index contributed by atoms with van der Waals surface area (Å²) in [6, 6.07) is 7.67. The standard InChI is InChI=1S/C19H21N5O2/c1-13-5-6-15(10-14(13)2)23-19(25)24-9-3-4-16(12-24)26-18-17(11-20)21-7-8-22-18/h5-8,10,16H,3-4,9,12H2,1-2H3,(H,23,25). The van der Waals surface area contributed by atoms with Crippen LogP contribution < -0.4 is 10.1 Å². The van der Waals surface area contributed by atoms with Gasteiger partial charge in [0.25, 0.3) is 5.88 Å². The van der Waals surface area contributed by atoms with Gasteiger partial charge in [0, 0.05) is 24.6 Å². The Morgan fingerprint density at radius 2 is 2.12 bits per heavy atom. The van der Waals surface area contributed by atoms with Gasteiger partial charge in [-0.15, -0.1) is 0 Å². The van der Waals surface area contributed by atoms with Crippen LogP contribution in [0, 0.1) is 25.2 Å². The lowest BCUT2D eigenvalue weighted by Crippen LogP contribution is -2.46. The molecular formula is C19H21N5O2. The molecule has 1 aliphatic rings. The van der Waals surface area contributed by atoms with E-state index in [0.29, 0.717) is 13.1 Å². The summed E-state index contributed by atoms with van der Waals surface area (Å²) in [6.07, 6.45) is 4.36. The Balaban J connectivity index is 1.63. The molecule has 7 heteroatoms. The van der Waals surface area contributed by atoms with Crippen LogP contribution in [-0.2, 0) is 0 Å². The average molecular weight is 351 g/mol. The smallest absolute Gasteiger partial charge is 0.321 e. The minimum atomic E-state index is -0.210. The molecule has 1 unspecified atom stereocenters. The molecule has 1 aliphatic heterocycles. The van der Waals surface area contributed by atoms with Crippen LogP contribution in [0.1, 0.15) is 29.7 Å². The summed E-state index contributed by atoms with van der Waals surface area (Å²) in [5.74, 6) is 0.219. The number of carbonyl (C=O) groups excluding carboxylic acids is 1. The van der Waals surface area contributed by atoms with Crippen molar-refractivity contribution in [2.45, 2.75) is 32.8 Å². The van der Waals surface area contributed by atoms with E-state index in [9.17, 15) is 4.79 Å². The molecule has 0 aliphatic carbocycles. The van der Waals surface area contributed by atoms with Gasteiger partial charge in [0.1, 0.15) is 12.2 Å². The Bertz CT molecular complexity index is 846. The number of hydrogen-bond acceptors (Lipinski definition) is 5. The average Bonchev–Trinajstić information content (AvgIpc) is 2.65. The second kappa shape index (κ2) is 7.83. The van der Waals surface area contributed by atoms with Gasteiger partial charge in [-0.2, -0.15) is 5.26 Å². The lowest BCUT2D eigenvalue weighted by molar-refractivity contribution is 0.102. The van der Waals surface area contributed by atoms with E-state index in [2.05, 4.69) is 15.3 Å². The summed E-state index contributed by atoms with van der Waals surface area (Å²) >= 11 is 0. The highest BCUT2D eigenvalue weighted by Crippen LogP contribution is 2.20. The van der Waals surface area contributed by atoms with Gasteiger partial charge in [0.05, 0.1) is 6.54 Å². The summed E-state index contributed by atoms with van der Waals surface area (Å²) in [7, 11) is 0. The van der Waals surface area contributed by atoms with Gasteiger partial charge in [-0.05, 0) is 49.9 Å². The SMILES string of the molecule is Cc1ccc(NC(=O)N2CCCC(Oc3nccnc3C#N)C2)cc1C. The van der Waals surface area contributed by atoms with Crippen molar-refractivity contribution in [1.29, 1.82) is 5.26 Å². The highest BCUT2D eigenvalue weighted by atomic mass is 16.5. The van der Waals surface area contributed by atoms with Crippen LogP contribution in [-0.4, -0.2) is 40.1 Å². The number of hydrogen-bond donors (Lipinski definition) is 1. The Morgan fingerprint density at radius 3 is 2.88 bits per heavy atom. The molecule has 0 bridgehead atoms. The van der Waals surface area contributed by atoms with Crippen LogP contribution in [0.2, 0.25) is 0 Å². The minimum Gasteiger partial charge on any atom is -0.470 e. The molecule has 2 heterocycles. The number of urea groups is 1. The van der Waals surface area contributed by atoms with Crippen LogP contribution >= 0.6 is 0 Å². The van der Waals surface area contributed by atoms with Gasteiger partial charge in [-0.3, -0.25) is 0 Å². The third kappa shape index (κ3) is 4.09. The predicted molar refractivity (Wildman–Crippen MR) is 96.9 cm³/mol. The third-order valence-electron chi connectivity index (χ3n) is 4.47. The number of aromatic nitrogens is 2. The number of rotatable bonds is 3. The Labute approximate surface area is 152 Å². The van der Waals surface area contributed by atoms with Crippen molar-refractivity contribution in [3.8, 4) is 11.9 Å². The predicted octanol–water partition coefficient (Wildman–Crippen LogP) is 3.04. The second-order valence-corrected chi connectivity index (χ2v) is 6.38. The molecule has 3 rings (SSSR count). The zero-order valence-electron chi connectivity index (χ0n) is 14.9. The maximum Gasteiger partial charge on any atom is 0.321 e. The van der Waals surface area contributed by atoms with Gasteiger partial charge in [0.15, 0.2) is 0 Å². The van der Waals surface area contributed by atoms with Crippen LogP contribution in [0.25, 0.3) is 0 Å². The van der Waals surface area contributed by atoms with E-state index in [-0.39, 0.29) is 23.7 Å². The van der Waals surface area contributed by atoms with Crippen molar-refractivity contribution in [2.24, 2.45) is 0 Å². The first kappa shape index (κ1) is 17.7. The van der Waals surface area contributed by atoms with Crippen molar-refractivity contribution in [3.05, 3.63) is 47.4 Å². The molecule has 26 heavy (non-hydrogen) atoms. The molecule has 1 saturated heterocycles. The largest absolute Gasteiger partial charge is 0.470 e. The lowest BCUT2D eigenvalue weighted by Gasteiger charge is -2.32. The van der Waals surface area contributed by atoms with Crippen LogP contribution in [0.15, 0.2) is 30.6 Å². The van der Waals surface area contributed by atoms with Crippen molar-refractivity contribution >= 4 is 11.7 Å². The summed E-state index contributed by atoms with van der Waals surface area (Å²) < 4.78 is 5.83. The molecular weight excluding hydrogens is 330 g/mol. The van der Waals surface area contributed by atoms with Gasteiger partial charge in [-0.25, -0.2) is 14.8 Å². The quantitative estimate of drug-likeness (QED) is 0.918. The first-order valence-corrected chi connectivity index (χ1v) is 8.58. The van der Waals surface area contributed by atoms with Gasteiger partial charge >= 0.3 is 6.03 Å². The number of likely N-dealkylation sites (tertiary alicyclic amines) is 1. The highest BCUT2D eigenvalue weighted by Gasteiger charge is 2.26. The normalized spacial score (nSPS) is 16.7. The number of anilines is 1. The van der Waals surface area contributed by atoms with Gasteiger partial charge in [0.2, 0.25) is 5.69 Å². The van der Waals surface area contributed by atoms with Crippen molar-refractivity contribution in [1.82, 2.24) is 14.9 Å². The van der Waals surface area contributed by atoms with E-state index in [1.807, 2.05) is 38.1 Å². The van der Waals surface area contributed by atoms with E-state index in [0.717, 1.165) is 24.1 Å². The lowest BCUT2D eigenvalue weighted by atomic mass is 10.1. The molecule has 1 aromatic carbocycles. The summed E-state index contributed by atoms with van der Waals surface area (Å²) in [4.78, 5) is 22.3. The second-order valence-electron chi connectivity index (χ2n) is 6.38. The maximum absolute atomic E-state index is 12.6. The monoisotopic (exact) mass is 351 g/mol. The number of aryl methyl sites for hydroxylation is 2. The fraction of sp³-hybridized carbons (Fsp3) is 0.368. The van der Waals surface area contributed by atoms with Crippen LogP contribution in [0.3, 0.4) is 0 Å². The molecule has 0 saturated carbocycles. The van der Waals surface area contributed by atoms with Crippen molar-refractivity contribution in [2.75, 3.05) is 18.4 Å². The fourth-order valence-corrected chi connectivity index (χ4v) is 2.89. The number of ether oxygens (including phenoxy) is 1. The zero-order valence-corrected chi connectivity index (χ0v) is 14.9. The van der Waals surface area contributed by atoms with Crippen LogP contribution in [0.5, 0.6) is 5.88 Å². The molecule has 1 fully saturated rings. The maximum atomic E-state index is 12.6.